The summed E-state index contributed by atoms with van der Waals surface area (Å²) in [5, 5.41) is 12.9. The van der Waals surface area contributed by atoms with Crippen LogP contribution in [-0.4, -0.2) is 33.4 Å². The minimum atomic E-state index is -0.593. The molecule has 3 amide bonds. The van der Waals surface area contributed by atoms with Gasteiger partial charge in [-0.2, -0.15) is 0 Å². The number of carbonyl (C=O) groups excluding carboxylic acids is 3. The van der Waals surface area contributed by atoms with Gasteiger partial charge in [0.2, 0.25) is 5.91 Å². The summed E-state index contributed by atoms with van der Waals surface area (Å²) in [6, 6.07) is 16.0. The van der Waals surface area contributed by atoms with Crippen molar-refractivity contribution in [2.24, 2.45) is 0 Å². The fourth-order valence-corrected chi connectivity index (χ4v) is 4.06. The minimum Gasteiger partial charge on any atom is -0.457 e. The molecule has 11 heteroatoms. The fraction of sp³-hybridized carbons (Fsp3) is 0.0455. The van der Waals surface area contributed by atoms with Crippen LogP contribution in [0, 0.1) is 10.1 Å². The van der Waals surface area contributed by atoms with Crippen LogP contribution in [0.15, 0.2) is 74.5 Å². The van der Waals surface area contributed by atoms with Crippen LogP contribution in [-0.2, 0) is 9.59 Å². The van der Waals surface area contributed by atoms with E-state index in [1.165, 1.54) is 18.2 Å². The third kappa shape index (κ3) is 5.21. The molecule has 2 heterocycles. The smallest absolute Gasteiger partial charge is 0.294 e. The molecule has 0 bridgehead atoms. The Kier molecular flexibility index (Phi) is 6.43. The van der Waals surface area contributed by atoms with Gasteiger partial charge >= 0.3 is 0 Å². The quantitative estimate of drug-likeness (QED) is 0.262. The number of anilines is 1. The number of nitrogens with zero attached hydrogens (tertiary/aromatic N) is 2. The molecule has 0 unspecified atom stereocenters. The van der Waals surface area contributed by atoms with Crippen LogP contribution in [0.25, 0.3) is 17.4 Å². The zero-order chi connectivity index (χ0) is 23.5. The number of furan rings is 1. The first-order chi connectivity index (χ1) is 15.8. The number of non-ortho nitro benzene ring substituents is 1. The Balaban J connectivity index is 1.43. The van der Waals surface area contributed by atoms with E-state index in [-0.39, 0.29) is 10.6 Å². The summed E-state index contributed by atoms with van der Waals surface area (Å²) in [4.78, 5) is 48.5. The van der Waals surface area contributed by atoms with E-state index in [1.54, 1.807) is 48.5 Å². The third-order valence-corrected chi connectivity index (χ3v) is 6.00. The molecule has 4 rings (SSSR count). The second-order valence-corrected chi connectivity index (χ2v) is 8.74. The predicted octanol–water partition coefficient (Wildman–Crippen LogP) is 5.29. The van der Waals surface area contributed by atoms with Crippen molar-refractivity contribution in [3.8, 4) is 11.3 Å². The monoisotopic (exact) mass is 527 g/mol. The largest absolute Gasteiger partial charge is 0.457 e. The van der Waals surface area contributed by atoms with Crippen molar-refractivity contribution in [3.63, 3.8) is 0 Å². The van der Waals surface area contributed by atoms with Crippen LogP contribution < -0.4 is 5.32 Å². The maximum Gasteiger partial charge on any atom is 0.294 e. The first kappa shape index (κ1) is 22.5. The highest BCUT2D eigenvalue weighted by Crippen LogP contribution is 2.33. The van der Waals surface area contributed by atoms with Crippen LogP contribution >= 0.6 is 27.7 Å². The normalized spacial score (nSPS) is 14.7. The number of halogens is 1. The molecule has 0 spiro atoms. The summed E-state index contributed by atoms with van der Waals surface area (Å²) >= 11 is 4.02. The molecule has 0 atom stereocenters. The van der Waals surface area contributed by atoms with Crippen LogP contribution in [0.3, 0.4) is 0 Å². The summed E-state index contributed by atoms with van der Waals surface area (Å²) in [7, 11) is 0. The SMILES string of the molecule is O=C(CN1C(=O)S/C(=C/c2ccc(-c3ccc([N+](=O)[O-])cc3)o2)C1=O)Nc1ccc(Br)cc1. The van der Waals surface area contributed by atoms with Crippen LogP contribution in [0.5, 0.6) is 0 Å². The van der Waals surface area contributed by atoms with E-state index < -0.39 is 28.5 Å². The van der Waals surface area contributed by atoms with Gasteiger partial charge in [-0.05, 0) is 60.3 Å². The molecule has 166 valence electrons. The number of nitro groups is 1. The van der Waals surface area contributed by atoms with Gasteiger partial charge in [-0.25, -0.2) is 0 Å². The van der Waals surface area contributed by atoms with Gasteiger partial charge in [0, 0.05) is 33.9 Å². The van der Waals surface area contributed by atoms with Crippen molar-refractivity contribution in [1.29, 1.82) is 0 Å². The van der Waals surface area contributed by atoms with E-state index in [0.717, 1.165) is 9.37 Å². The number of hydrogen-bond donors (Lipinski definition) is 1. The molecule has 0 aliphatic carbocycles. The Labute approximate surface area is 199 Å². The molecule has 2 aromatic carbocycles. The first-order valence-electron chi connectivity index (χ1n) is 9.45. The van der Waals surface area contributed by atoms with Crippen LogP contribution in [0.2, 0.25) is 0 Å². The predicted molar refractivity (Wildman–Crippen MR) is 126 cm³/mol. The number of thioether (sulfide) groups is 1. The highest BCUT2D eigenvalue weighted by atomic mass is 79.9. The van der Waals surface area contributed by atoms with Gasteiger partial charge in [0.15, 0.2) is 0 Å². The Bertz CT molecular complexity index is 1280. The Morgan fingerprint density at radius 3 is 2.45 bits per heavy atom. The lowest BCUT2D eigenvalue weighted by Gasteiger charge is -2.12. The molecule has 1 aliphatic heterocycles. The zero-order valence-corrected chi connectivity index (χ0v) is 19.1. The van der Waals surface area contributed by atoms with Crippen molar-refractivity contribution in [1.82, 2.24) is 4.90 Å². The van der Waals surface area contributed by atoms with Crippen molar-refractivity contribution in [2.75, 3.05) is 11.9 Å². The Morgan fingerprint density at radius 2 is 1.79 bits per heavy atom. The molecule has 1 aromatic heterocycles. The van der Waals surface area contributed by atoms with Gasteiger partial charge in [-0.15, -0.1) is 0 Å². The molecule has 0 radical (unpaired) electrons. The lowest BCUT2D eigenvalue weighted by molar-refractivity contribution is -0.384. The number of carbonyl (C=O) groups is 3. The fourth-order valence-electron chi connectivity index (χ4n) is 2.98. The van der Waals surface area contributed by atoms with E-state index in [0.29, 0.717) is 34.5 Å². The molecule has 9 nitrogen and oxygen atoms in total. The second-order valence-electron chi connectivity index (χ2n) is 6.83. The zero-order valence-electron chi connectivity index (χ0n) is 16.7. The van der Waals surface area contributed by atoms with Crippen molar-refractivity contribution in [2.45, 2.75) is 0 Å². The number of benzene rings is 2. The topological polar surface area (TPSA) is 123 Å². The summed E-state index contributed by atoms with van der Waals surface area (Å²) in [6.45, 7) is -0.412. The van der Waals surface area contributed by atoms with E-state index in [9.17, 15) is 24.5 Å². The highest BCUT2D eigenvalue weighted by molar-refractivity contribution is 9.10. The van der Waals surface area contributed by atoms with E-state index in [1.807, 2.05) is 0 Å². The van der Waals surface area contributed by atoms with Crippen molar-refractivity contribution >= 4 is 62.2 Å². The molecule has 33 heavy (non-hydrogen) atoms. The van der Waals surface area contributed by atoms with E-state index in [4.69, 9.17) is 4.42 Å². The lowest BCUT2D eigenvalue weighted by atomic mass is 10.1. The summed E-state index contributed by atoms with van der Waals surface area (Å²) in [5.74, 6) is -0.319. The van der Waals surface area contributed by atoms with E-state index in [2.05, 4.69) is 21.2 Å². The van der Waals surface area contributed by atoms with Gasteiger partial charge < -0.3 is 9.73 Å². The first-order valence-corrected chi connectivity index (χ1v) is 11.1. The standard InChI is InChI=1S/C22H14BrN3O6S/c23-14-3-5-15(6-4-14)24-20(27)12-25-21(28)19(33-22(25)29)11-17-9-10-18(32-17)13-1-7-16(8-2-13)26(30)31/h1-11H,12H2,(H,24,27)/b19-11+. The lowest BCUT2D eigenvalue weighted by Crippen LogP contribution is -2.36. The Hall–Kier alpha value is -3.70. The summed E-state index contributed by atoms with van der Waals surface area (Å²) in [6.07, 6.45) is 1.42. The van der Waals surface area contributed by atoms with Gasteiger partial charge in [-0.3, -0.25) is 29.4 Å². The van der Waals surface area contributed by atoms with Gasteiger partial charge in [-0.1, -0.05) is 15.9 Å². The van der Waals surface area contributed by atoms with Crippen LogP contribution in [0.4, 0.5) is 16.2 Å². The van der Waals surface area contributed by atoms with Gasteiger partial charge in [0.25, 0.3) is 16.8 Å². The van der Waals surface area contributed by atoms with Crippen molar-refractivity contribution in [3.05, 3.63) is 85.9 Å². The number of nitrogens with one attached hydrogen (secondary N) is 1. The Morgan fingerprint density at radius 1 is 1.09 bits per heavy atom. The number of rotatable bonds is 6. The highest BCUT2D eigenvalue weighted by Gasteiger charge is 2.36. The van der Waals surface area contributed by atoms with Crippen molar-refractivity contribution < 1.29 is 23.7 Å². The third-order valence-electron chi connectivity index (χ3n) is 4.57. The molecule has 1 fully saturated rings. The molecule has 1 saturated heterocycles. The van der Waals surface area contributed by atoms with E-state index >= 15 is 0 Å². The molecule has 3 aromatic rings. The van der Waals surface area contributed by atoms with Crippen LogP contribution in [0.1, 0.15) is 5.76 Å². The number of amides is 3. The summed E-state index contributed by atoms with van der Waals surface area (Å²) in [5.41, 5.74) is 1.13. The molecular formula is C22H14BrN3O6S. The average molecular weight is 528 g/mol. The summed E-state index contributed by atoms with van der Waals surface area (Å²) < 4.78 is 6.55. The second kappa shape index (κ2) is 9.43. The molecule has 0 saturated carbocycles. The van der Waals surface area contributed by atoms with Gasteiger partial charge in [0.05, 0.1) is 9.83 Å². The maximum absolute atomic E-state index is 12.7. The number of imide groups is 1. The molecule has 1 aliphatic rings. The molecule has 1 N–H and O–H groups in total. The molecular weight excluding hydrogens is 514 g/mol. The van der Waals surface area contributed by atoms with Gasteiger partial charge in [0.1, 0.15) is 18.1 Å². The average Bonchev–Trinajstić information content (AvgIpc) is 3.36. The maximum atomic E-state index is 12.7. The minimum absolute atomic E-state index is 0.0385. The number of nitro benzene ring substituents is 1. The number of hydrogen-bond acceptors (Lipinski definition) is 7.